The second-order valence-electron chi connectivity index (χ2n) is 8.81. The predicted molar refractivity (Wildman–Crippen MR) is 127 cm³/mol. The molecular formula is C24H24F3N7O2. The summed E-state index contributed by atoms with van der Waals surface area (Å²) < 4.78 is 46.0. The number of rotatable bonds is 5. The first-order valence-corrected chi connectivity index (χ1v) is 11.3. The van der Waals surface area contributed by atoms with Crippen LogP contribution in [0.4, 0.5) is 30.2 Å². The van der Waals surface area contributed by atoms with E-state index in [0.29, 0.717) is 35.5 Å². The first kappa shape index (κ1) is 25.0. The summed E-state index contributed by atoms with van der Waals surface area (Å²) in [7, 11) is 0. The van der Waals surface area contributed by atoms with Crippen molar-refractivity contribution in [3.63, 3.8) is 0 Å². The van der Waals surface area contributed by atoms with Crippen LogP contribution in [0.25, 0.3) is 5.69 Å². The number of nitrogen functional groups attached to an aromatic ring is 1. The van der Waals surface area contributed by atoms with Crippen molar-refractivity contribution < 1.29 is 13.2 Å². The van der Waals surface area contributed by atoms with E-state index >= 15 is 4.39 Å². The minimum absolute atomic E-state index is 0.0264. The van der Waals surface area contributed by atoms with Crippen molar-refractivity contribution in [3.8, 4) is 11.8 Å². The quantitative estimate of drug-likeness (QED) is 0.312. The van der Waals surface area contributed by atoms with Crippen LogP contribution in [0.3, 0.4) is 0 Å². The van der Waals surface area contributed by atoms with Crippen molar-refractivity contribution in [2.75, 3.05) is 10.7 Å². The number of halogens is 3. The number of nitrogens with zero attached hydrogens (tertiary/aromatic N) is 5. The normalized spacial score (nSPS) is 14.9. The summed E-state index contributed by atoms with van der Waals surface area (Å²) in [4.78, 5) is 31.5. The number of nitrogens with two attached hydrogens (primary N) is 2. The van der Waals surface area contributed by atoms with E-state index in [1.807, 2.05) is 6.07 Å². The van der Waals surface area contributed by atoms with E-state index in [0.717, 1.165) is 15.6 Å². The number of nitriles is 1. The van der Waals surface area contributed by atoms with Gasteiger partial charge in [0.05, 0.1) is 35.0 Å². The van der Waals surface area contributed by atoms with Crippen LogP contribution in [0.1, 0.15) is 43.4 Å². The highest BCUT2D eigenvalue weighted by Crippen LogP contribution is 2.44. The standard InChI is InChI=1S/C24H24F3N7O2/c1-14-9-15(13-31-12-14)33-22(35)20(34(30)19-11-17(26)16(25)10-18(19)29)21(32(8-7-28)23(33)36)24(27)5-3-2-4-6-24/h9-13H,2-6,8,29-30H2,1H3. The maximum Gasteiger partial charge on any atom is 0.337 e. The topological polar surface area (TPSA) is 136 Å². The zero-order chi connectivity index (χ0) is 26.2. The molecule has 0 saturated heterocycles. The van der Waals surface area contributed by atoms with E-state index in [1.54, 1.807) is 6.92 Å². The molecule has 3 aromatic rings. The number of alkyl halides is 1. The van der Waals surface area contributed by atoms with Crippen molar-refractivity contribution in [1.29, 1.82) is 5.26 Å². The zero-order valence-electron chi connectivity index (χ0n) is 19.5. The van der Waals surface area contributed by atoms with Crippen LogP contribution in [-0.4, -0.2) is 14.1 Å². The highest BCUT2D eigenvalue weighted by atomic mass is 19.2. The molecule has 0 unspecified atom stereocenters. The molecule has 0 spiro atoms. The number of anilines is 3. The molecule has 12 heteroatoms. The third-order valence-electron chi connectivity index (χ3n) is 6.31. The average molecular weight is 499 g/mol. The van der Waals surface area contributed by atoms with Gasteiger partial charge in [0.1, 0.15) is 12.2 Å². The molecule has 2 aromatic heterocycles. The van der Waals surface area contributed by atoms with Gasteiger partial charge in [0.2, 0.25) is 0 Å². The molecule has 2 heterocycles. The summed E-state index contributed by atoms with van der Waals surface area (Å²) in [5.74, 6) is 3.73. The smallest absolute Gasteiger partial charge is 0.337 e. The summed E-state index contributed by atoms with van der Waals surface area (Å²) in [5, 5.41) is 10.1. The number of aryl methyl sites for hydroxylation is 1. The molecule has 1 saturated carbocycles. The Labute approximate surface area is 204 Å². The molecule has 188 valence electrons. The lowest BCUT2D eigenvalue weighted by Crippen LogP contribution is -2.48. The van der Waals surface area contributed by atoms with Gasteiger partial charge in [-0.3, -0.25) is 19.4 Å². The lowest BCUT2D eigenvalue weighted by Gasteiger charge is -2.35. The largest absolute Gasteiger partial charge is 0.397 e. The van der Waals surface area contributed by atoms with E-state index < -0.39 is 46.5 Å². The van der Waals surface area contributed by atoms with Gasteiger partial charge in [-0.25, -0.2) is 28.4 Å². The van der Waals surface area contributed by atoms with E-state index in [2.05, 4.69) is 4.98 Å². The Hall–Kier alpha value is -4.11. The summed E-state index contributed by atoms with van der Waals surface area (Å²) in [6.45, 7) is 1.11. The first-order valence-electron chi connectivity index (χ1n) is 11.3. The minimum Gasteiger partial charge on any atom is -0.397 e. The SMILES string of the molecule is Cc1cncc(-n2c(=O)c(N(N)c3cc(F)c(F)cc3N)c(C3(F)CCCCC3)n(CC#N)c2=O)c1. The molecule has 0 atom stereocenters. The number of aromatic nitrogens is 3. The maximum atomic E-state index is 16.6. The van der Waals surface area contributed by atoms with Crippen molar-refractivity contribution in [2.45, 2.75) is 51.2 Å². The number of hydrazine groups is 1. The van der Waals surface area contributed by atoms with Crippen LogP contribution >= 0.6 is 0 Å². The summed E-state index contributed by atoms with van der Waals surface area (Å²) in [5.41, 5.74) is 0.843. The number of hydrogen-bond donors (Lipinski definition) is 2. The minimum atomic E-state index is -2.18. The van der Waals surface area contributed by atoms with E-state index in [4.69, 9.17) is 11.6 Å². The average Bonchev–Trinajstić information content (AvgIpc) is 2.83. The van der Waals surface area contributed by atoms with E-state index in [1.165, 1.54) is 18.5 Å². The molecule has 4 N–H and O–H groups in total. The van der Waals surface area contributed by atoms with Gasteiger partial charge in [0, 0.05) is 18.3 Å². The molecule has 1 aliphatic rings. The molecule has 1 fully saturated rings. The highest BCUT2D eigenvalue weighted by Gasteiger charge is 2.42. The van der Waals surface area contributed by atoms with Crippen LogP contribution in [0.15, 0.2) is 40.2 Å². The van der Waals surface area contributed by atoms with Crippen LogP contribution in [0.2, 0.25) is 0 Å². The second-order valence-corrected chi connectivity index (χ2v) is 8.81. The molecule has 1 aliphatic carbocycles. The van der Waals surface area contributed by atoms with Crippen molar-refractivity contribution in [3.05, 3.63) is 74.3 Å². The number of hydrogen-bond acceptors (Lipinski definition) is 7. The fraction of sp³-hybridized carbons (Fsp3) is 0.333. The Bertz CT molecular complexity index is 1490. The summed E-state index contributed by atoms with van der Waals surface area (Å²) >= 11 is 0. The van der Waals surface area contributed by atoms with Crippen molar-refractivity contribution in [1.82, 2.24) is 14.1 Å². The molecular weight excluding hydrogens is 475 g/mol. The summed E-state index contributed by atoms with van der Waals surface area (Å²) in [6.07, 6.45) is 4.40. The molecule has 0 bridgehead atoms. The predicted octanol–water partition coefficient (Wildman–Crippen LogP) is 3.23. The Kier molecular flexibility index (Phi) is 6.60. The second kappa shape index (κ2) is 9.50. The van der Waals surface area contributed by atoms with Gasteiger partial charge in [0.15, 0.2) is 17.3 Å². The molecule has 0 aliphatic heterocycles. The molecule has 9 nitrogen and oxygen atoms in total. The monoisotopic (exact) mass is 499 g/mol. The van der Waals surface area contributed by atoms with Crippen LogP contribution < -0.4 is 27.8 Å². The van der Waals surface area contributed by atoms with Gasteiger partial charge in [0.25, 0.3) is 5.56 Å². The fourth-order valence-electron chi connectivity index (χ4n) is 4.65. The van der Waals surface area contributed by atoms with Gasteiger partial charge in [-0.05, 0) is 44.2 Å². The highest BCUT2D eigenvalue weighted by molar-refractivity contribution is 5.75. The van der Waals surface area contributed by atoms with Crippen LogP contribution in [0.5, 0.6) is 0 Å². The van der Waals surface area contributed by atoms with Gasteiger partial charge in [-0.2, -0.15) is 5.26 Å². The zero-order valence-corrected chi connectivity index (χ0v) is 19.5. The molecule has 1 aromatic carbocycles. The number of benzene rings is 1. The Morgan fingerprint density at radius 1 is 1.14 bits per heavy atom. The van der Waals surface area contributed by atoms with Gasteiger partial charge < -0.3 is 5.73 Å². The Morgan fingerprint density at radius 3 is 2.44 bits per heavy atom. The third kappa shape index (κ3) is 4.22. The number of pyridine rings is 1. The van der Waals surface area contributed by atoms with Crippen LogP contribution in [-0.2, 0) is 12.2 Å². The van der Waals surface area contributed by atoms with E-state index in [9.17, 15) is 23.6 Å². The fourth-order valence-corrected chi connectivity index (χ4v) is 4.65. The Morgan fingerprint density at radius 2 is 1.81 bits per heavy atom. The van der Waals surface area contributed by atoms with Gasteiger partial charge in [-0.15, -0.1) is 0 Å². The maximum absolute atomic E-state index is 16.6. The lowest BCUT2D eigenvalue weighted by molar-refractivity contribution is 0.0952. The third-order valence-corrected chi connectivity index (χ3v) is 6.31. The van der Waals surface area contributed by atoms with Crippen molar-refractivity contribution >= 4 is 17.1 Å². The first-order chi connectivity index (χ1) is 17.1. The van der Waals surface area contributed by atoms with Crippen LogP contribution in [0, 0.1) is 29.9 Å². The summed E-state index contributed by atoms with van der Waals surface area (Å²) in [6, 6.07) is 4.71. The van der Waals surface area contributed by atoms with E-state index in [-0.39, 0.29) is 29.9 Å². The molecule has 4 rings (SSSR count). The lowest BCUT2D eigenvalue weighted by atomic mass is 9.83. The Balaban J connectivity index is 2.14. The molecule has 0 radical (unpaired) electrons. The van der Waals surface area contributed by atoms with Crippen molar-refractivity contribution in [2.24, 2.45) is 5.84 Å². The van der Waals surface area contributed by atoms with Gasteiger partial charge >= 0.3 is 5.69 Å². The van der Waals surface area contributed by atoms with Gasteiger partial charge in [-0.1, -0.05) is 6.42 Å². The molecule has 0 amide bonds. The molecule has 36 heavy (non-hydrogen) atoms.